The minimum Gasteiger partial charge on any atom is -0.481 e. The van der Waals surface area contributed by atoms with E-state index in [4.69, 9.17) is 0 Å². The molecule has 0 bridgehead atoms. The van der Waals surface area contributed by atoms with Crippen molar-refractivity contribution in [2.45, 2.75) is 25.8 Å². The number of likely N-dealkylation sites (tertiary alicyclic amines) is 1. The number of benzene rings is 1. The molecule has 1 amide bonds. The zero-order valence-electron chi connectivity index (χ0n) is 13.2. The van der Waals surface area contributed by atoms with Crippen LogP contribution in [0.2, 0.25) is 0 Å². The Kier molecular flexibility index (Phi) is 5.32. The maximum atomic E-state index is 11.7. The number of fused-ring (bicyclic) bond motifs is 1. The minimum absolute atomic E-state index is 0. The number of amides is 1. The lowest BCUT2D eigenvalue weighted by molar-refractivity contribution is -0.149. The van der Waals surface area contributed by atoms with Gasteiger partial charge in [-0.2, -0.15) is 0 Å². The fourth-order valence-corrected chi connectivity index (χ4v) is 4.03. The highest BCUT2D eigenvalue weighted by atomic mass is 35.5. The summed E-state index contributed by atoms with van der Waals surface area (Å²) in [6.07, 6.45) is 2.86. The molecule has 0 spiro atoms. The Bertz CT molecular complexity index is 590. The molecule has 3 rings (SSSR count). The van der Waals surface area contributed by atoms with Crippen molar-refractivity contribution in [3.05, 3.63) is 35.4 Å². The molecule has 126 valence electrons. The first-order valence-corrected chi connectivity index (χ1v) is 7.82. The lowest BCUT2D eigenvalue weighted by Gasteiger charge is -2.23. The molecule has 2 atom stereocenters. The summed E-state index contributed by atoms with van der Waals surface area (Å²) < 4.78 is 0. The number of nitrogens with zero attached hydrogens (tertiary/aromatic N) is 1. The predicted molar refractivity (Wildman–Crippen MR) is 89.8 cm³/mol. The molecular weight excluding hydrogens is 316 g/mol. The van der Waals surface area contributed by atoms with Crippen molar-refractivity contribution in [2.24, 2.45) is 11.3 Å². The first-order valence-electron chi connectivity index (χ1n) is 7.82. The number of carbonyl (C=O) groups excluding carboxylic acids is 1. The second-order valence-corrected chi connectivity index (χ2v) is 6.50. The molecule has 2 fully saturated rings. The number of carboxylic acid groups (broad SMARTS) is 1. The molecule has 1 saturated carbocycles. The van der Waals surface area contributed by atoms with E-state index in [-0.39, 0.29) is 24.2 Å². The molecule has 0 unspecified atom stereocenters. The van der Waals surface area contributed by atoms with Gasteiger partial charge in [-0.05, 0) is 36.5 Å². The van der Waals surface area contributed by atoms with Gasteiger partial charge in [0.05, 0.1) is 5.41 Å². The molecule has 1 saturated heterocycles. The maximum absolute atomic E-state index is 11.7. The van der Waals surface area contributed by atoms with Crippen LogP contribution in [0.3, 0.4) is 0 Å². The Labute approximate surface area is 142 Å². The normalized spacial score (nSPS) is 26.4. The zero-order valence-corrected chi connectivity index (χ0v) is 14.1. The molecule has 1 aliphatic heterocycles. The van der Waals surface area contributed by atoms with E-state index in [0.29, 0.717) is 12.1 Å². The number of carboxylic acids is 1. The lowest BCUT2D eigenvalue weighted by atomic mass is 9.81. The third-order valence-electron chi connectivity index (χ3n) is 5.22. The summed E-state index contributed by atoms with van der Waals surface area (Å²) in [5, 5.41) is 12.2. The van der Waals surface area contributed by atoms with Crippen LogP contribution in [0.15, 0.2) is 24.3 Å². The summed E-state index contributed by atoms with van der Waals surface area (Å²) in [7, 11) is 1.62. The highest BCUT2D eigenvalue weighted by Gasteiger charge is 2.54. The van der Waals surface area contributed by atoms with Crippen molar-refractivity contribution in [1.82, 2.24) is 10.2 Å². The average Bonchev–Trinajstić information content (AvgIpc) is 3.05. The van der Waals surface area contributed by atoms with Crippen molar-refractivity contribution in [1.29, 1.82) is 0 Å². The Morgan fingerprint density at radius 2 is 2.04 bits per heavy atom. The fourth-order valence-electron chi connectivity index (χ4n) is 4.03. The molecule has 1 heterocycles. The SMILES string of the molecule is CNC(=O)c1ccc(CN2C[C@@H]3CCC[C@@]3(C(=O)O)C2)cc1.Cl. The van der Waals surface area contributed by atoms with Gasteiger partial charge in [-0.1, -0.05) is 18.6 Å². The molecule has 0 aromatic heterocycles. The number of hydrogen-bond donors (Lipinski definition) is 2. The molecule has 23 heavy (non-hydrogen) atoms. The summed E-state index contributed by atoms with van der Waals surface area (Å²) >= 11 is 0. The van der Waals surface area contributed by atoms with E-state index >= 15 is 0 Å². The van der Waals surface area contributed by atoms with Gasteiger partial charge in [-0.3, -0.25) is 14.5 Å². The van der Waals surface area contributed by atoms with Crippen molar-refractivity contribution in [3.8, 4) is 0 Å². The standard InChI is InChI=1S/C17H22N2O3.ClH/c1-18-15(20)13-6-4-12(5-7-13)9-19-10-14-3-2-8-17(14,11-19)16(21)22;/h4-7,14H,2-3,8-11H2,1H3,(H,18,20)(H,21,22);1H/t14-,17+;/m0./s1. The molecule has 0 radical (unpaired) electrons. The van der Waals surface area contributed by atoms with E-state index in [1.54, 1.807) is 7.05 Å². The predicted octanol–water partition coefficient (Wildman–Crippen LogP) is 2.15. The largest absolute Gasteiger partial charge is 0.481 e. The third kappa shape index (κ3) is 3.21. The van der Waals surface area contributed by atoms with E-state index < -0.39 is 11.4 Å². The van der Waals surface area contributed by atoms with Crippen LogP contribution in [0.5, 0.6) is 0 Å². The lowest BCUT2D eigenvalue weighted by Crippen LogP contribution is -2.35. The van der Waals surface area contributed by atoms with Crippen LogP contribution in [-0.4, -0.2) is 42.0 Å². The maximum Gasteiger partial charge on any atom is 0.311 e. The molecular formula is C17H23ClN2O3. The molecule has 2 aliphatic rings. The highest BCUT2D eigenvalue weighted by molar-refractivity contribution is 5.93. The van der Waals surface area contributed by atoms with Gasteiger partial charge in [0.25, 0.3) is 5.91 Å². The Morgan fingerprint density at radius 1 is 1.35 bits per heavy atom. The van der Waals surface area contributed by atoms with Crippen LogP contribution in [0.25, 0.3) is 0 Å². The van der Waals surface area contributed by atoms with Crippen LogP contribution in [0, 0.1) is 11.3 Å². The number of aliphatic carboxylic acids is 1. The average molecular weight is 339 g/mol. The molecule has 2 N–H and O–H groups in total. The highest BCUT2D eigenvalue weighted by Crippen LogP contribution is 2.49. The van der Waals surface area contributed by atoms with E-state index in [1.807, 2.05) is 24.3 Å². The van der Waals surface area contributed by atoms with Gasteiger partial charge in [0.1, 0.15) is 0 Å². The Morgan fingerprint density at radius 3 is 2.61 bits per heavy atom. The first-order chi connectivity index (χ1) is 10.5. The van der Waals surface area contributed by atoms with Gasteiger partial charge in [0, 0.05) is 32.2 Å². The monoisotopic (exact) mass is 338 g/mol. The van der Waals surface area contributed by atoms with Gasteiger partial charge < -0.3 is 10.4 Å². The second kappa shape index (κ2) is 6.89. The molecule has 1 aromatic carbocycles. The quantitative estimate of drug-likeness (QED) is 0.882. The minimum atomic E-state index is -0.632. The van der Waals surface area contributed by atoms with Gasteiger partial charge >= 0.3 is 5.97 Å². The van der Waals surface area contributed by atoms with Crippen molar-refractivity contribution >= 4 is 24.3 Å². The van der Waals surface area contributed by atoms with E-state index in [0.717, 1.165) is 37.9 Å². The van der Waals surface area contributed by atoms with Crippen molar-refractivity contribution < 1.29 is 14.7 Å². The van der Waals surface area contributed by atoms with Gasteiger partial charge in [-0.25, -0.2) is 0 Å². The smallest absolute Gasteiger partial charge is 0.311 e. The number of carbonyl (C=O) groups is 2. The molecule has 1 aliphatic carbocycles. The summed E-state index contributed by atoms with van der Waals surface area (Å²) in [6, 6.07) is 7.54. The third-order valence-corrected chi connectivity index (χ3v) is 5.22. The van der Waals surface area contributed by atoms with Crippen LogP contribution in [-0.2, 0) is 11.3 Å². The summed E-state index contributed by atoms with van der Waals surface area (Å²) in [5.74, 6) is -0.435. The summed E-state index contributed by atoms with van der Waals surface area (Å²) in [4.78, 5) is 25.5. The topological polar surface area (TPSA) is 69.6 Å². The van der Waals surface area contributed by atoms with E-state index in [1.165, 1.54) is 0 Å². The zero-order chi connectivity index (χ0) is 15.7. The fraction of sp³-hybridized carbons (Fsp3) is 0.529. The molecule has 1 aromatic rings. The molecule has 6 heteroatoms. The van der Waals surface area contributed by atoms with Crippen molar-refractivity contribution in [2.75, 3.05) is 20.1 Å². The number of rotatable bonds is 4. The number of nitrogens with one attached hydrogen (secondary N) is 1. The van der Waals surface area contributed by atoms with Crippen molar-refractivity contribution in [3.63, 3.8) is 0 Å². The number of halogens is 1. The Hall–Kier alpha value is -1.59. The first kappa shape index (κ1) is 17.8. The van der Waals surface area contributed by atoms with E-state index in [9.17, 15) is 14.7 Å². The summed E-state index contributed by atoms with van der Waals surface area (Å²) in [5.41, 5.74) is 1.24. The Balaban J connectivity index is 0.00000192. The van der Waals surface area contributed by atoms with Gasteiger partial charge in [0.15, 0.2) is 0 Å². The van der Waals surface area contributed by atoms with Crippen LogP contribution < -0.4 is 5.32 Å². The van der Waals surface area contributed by atoms with Gasteiger partial charge in [-0.15, -0.1) is 12.4 Å². The van der Waals surface area contributed by atoms with Crippen LogP contribution in [0.1, 0.15) is 35.2 Å². The van der Waals surface area contributed by atoms with Gasteiger partial charge in [0.2, 0.25) is 0 Å². The summed E-state index contributed by atoms with van der Waals surface area (Å²) in [6.45, 7) is 2.26. The van der Waals surface area contributed by atoms with Crippen LogP contribution in [0.4, 0.5) is 0 Å². The number of hydrogen-bond acceptors (Lipinski definition) is 3. The molecule has 5 nitrogen and oxygen atoms in total. The van der Waals surface area contributed by atoms with Crippen LogP contribution >= 0.6 is 12.4 Å². The van der Waals surface area contributed by atoms with E-state index in [2.05, 4.69) is 10.2 Å². The second-order valence-electron chi connectivity index (χ2n) is 6.50.